The van der Waals surface area contributed by atoms with Gasteiger partial charge in [-0.25, -0.2) is 9.97 Å². The number of rotatable bonds is 8. The number of benzene rings is 3. The van der Waals surface area contributed by atoms with Gasteiger partial charge in [0.25, 0.3) is 11.1 Å². The third kappa shape index (κ3) is 5.10. The van der Waals surface area contributed by atoms with Gasteiger partial charge in [-0.3, -0.25) is 18.7 Å². The fourth-order valence-corrected chi connectivity index (χ4v) is 7.47. The van der Waals surface area contributed by atoms with Crippen LogP contribution in [0.3, 0.4) is 0 Å². The Bertz CT molecular complexity index is 2080. The molecule has 7 aromatic rings. The van der Waals surface area contributed by atoms with E-state index in [4.69, 9.17) is 0 Å². The van der Waals surface area contributed by atoms with Crippen molar-refractivity contribution in [2.45, 2.75) is 39.8 Å². The monoisotopic (exact) mass is 614 g/mol. The van der Waals surface area contributed by atoms with E-state index in [1.54, 1.807) is 21.8 Å². The molecule has 6 nitrogen and oxygen atoms in total. The molecule has 0 radical (unpaired) electrons. The van der Waals surface area contributed by atoms with Crippen molar-refractivity contribution in [2.24, 2.45) is 0 Å². The minimum Gasteiger partial charge on any atom is -0.294 e. The molecule has 0 saturated heterocycles. The normalized spacial score (nSPS) is 11.5. The molecular weight excluding hydrogens is 585 g/mol. The van der Waals surface area contributed by atoms with Crippen LogP contribution < -0.4 is 11.1 Å². The van der Waals surface area contributed by atoms with Gasteiger partial charge in [-0.15, -0.1) is 22.7 Å². The predicted molar refractivity (Wildman–Crippen MR) is 182 cm³/mol. The van der Waals surface area contributed by atoms with E-state index in [2.05, 4.69) is 72.3 Å². The highest BCUT2D eigenvalue weighted by atomic mass is 32.1. The molecule has 0 N–H and O–H groups in total. The van der Waals surface area contributed by atoms with E-state index in [1.807, 2.05) is 35.0 Å². The van der Waals surface area contributed by atoms with Gasteiger partial charge in [0.05, 0.1) is 36.5 Å². The van der Waals surface area contributed by atoms with Crippen molar-refractivity contribution < 1.29 is 0 Å². The summed E-state index contributed by atoms with van der Waals surface area (Å²) in [5.74, 6) is 0. The van der Waals surface area contributed by atoms with E-state index >= 15 is 0 Å². The minimum absolute atomic E-state index is 0.0714. The molecule has 4 aromatic heterocycles. The predicted octanol–water partition coefficient (Wildman–Crippen LogP) is 7.78. The summed E-state index contributed by atoms with van der Waals surface area (Å²) in [6, 6.07) is 24.7. The summed E-state index contributed by atoms with van der Waals surface area (Å²) in [4.78, 5) is 38.4. The van der Waals surface area contributed by atoms with Crippen LogP contribution in [0.15, 0.2) is 106 Å². The van der Waals surface area contributed by atoms with Gasteiger partial charge in [0.2, 0.25) is 0 Å². The fraction of sp³-hybridized carbons (Fsp3) is 0.167. The quantitative estimate of drug-likeness (QED) is 0.175. The second-order valence-electron chi connectivity index (χ2n) is 10.9. The standard InChI is InChI=1S/C36H30N4O2S2/c1-3-23-9-13-25(14-10-23)29-19-43-33-31(29)35(41)39(21-37-33)17-27-7-5-6-8-28(27)18-40-22-38-34-32(36(40)42)30(20-44-34)26-15-11-24(4-2)12-16-26/h5-16,19-22H,3-4,17-18H2,1-2H3. The van der Waals surface area contributed by atoms with Gasteiger partial charge in [0.1, 0.15) is 9.66 Å². The van der Waals surface area contributed by atoms with Crippen LogP contribution in [-0.4, -0.2) is 19.1 Å². The molecule has 0 aliphatic heterocycles. The molecule has 7 rings (SSSR count). The highest BCUT2D eigenvalue weighted by Crippen LogP contribution is 2.32. The summed E-state index contributed by atoms with van der Waals surface area (Å²) in [6.45, 7) is 4.96. The number of hydrogen-bond acceptors (Lipinski definition) is 6. The fourth-order valence-electron chi connectivity index (χ4n) is 5.66. The minimum atomic E-state index is -0.0714. The third-order valence-electron chi connectivity index (χ3n) is 8.27. The van der Waals surface area contributed by atoms with E-state index in [0.29, 0.717) is 23.9 Å². The highest BCUT2D eigenvalue weighted by Gasteiger charge is 2.17. The van der Waals surface area contributed by atoms with Gasteiger partial charge in [0, 0.05) is 21.9 Å². The van der Waals surface area contributed by atoms with Crippen molar-refractivity contribution in [3.8, 4) is 22.3 Å². The zero-order chi connectivity index (χ0) is 30.2. The molecular formula is C36H30N4O2S2. The number of hydrogen-bond donors (Lipinski definition) is 0. The van der Waals surface area contributed by atoms with E-state index in [-0.39, 0.29) is 11.1 Å². The Morgan fingerprint density at radius 3 is 1.39 bits per heavy atom. The Hall–Kier alpha value is -4.66. The van der Waals surface area contributed by atoms with Crippen LogP contribution in [0.25, 0.3) is 42.7 Å². The van der Waals surface area contributed by atoms with Crippen LogP contribution in [0.4, 0.5) is 0 Å². The Morgan fingerprint density at radius 1 is 0.591 bits per heavy atom. The zero-order valence-electron chi connectivity index (χ0n) is 24.5. The summed E-state index contributed by atoms with van der Waals surface area (Å²) in [5.41, 5.74) is 8.13. The smallest absolute Gasteiger partial charge is 0.263 e. The first-order valence-electron chi connectivity index (χ1n) is 14.7. The largest absolute Gasteiger partial charge is 0.294 e. The van der Waals surface area contributed by atoms with Crippen molar-refractivity contribution in [2.75, 3.05) is 0 Å². The van der Waals surface area contributed by atoms with E-state index in [0.717, 1.165) is 55.9 Å². The van der Waals surface area contributed by atoms with Crippen LogP contribution in [0.1, 0.15) is 36.1 Å². The maximum atomic E-state index is 13.8. The molecule has 0 unspecified atom stereocenters. The summed E-state index contributed by atoms with van der Waals surface area (Å²) in [5, 5.41) is 5.32. The van der Waals surface area contributed by atoms with E-state index in [1.165, 1.54) is 33.8 Å². The lowest BCUT2D eigenvalue weighted by molar-refractivity contribution is 0.708. The van der Waals surface area contributed by atoms with Crippen LogP contribution >= 0.6 is 22.7 Å². The van der Waals surface area contributed by atoms with Crippen LogP contribution in [-0.2, 0) is 25.9 Å². The second-order valence-corrected chi connectivity index (χ2v) is 12.6. The molecule has 0 bridgehead atoms. The molecule has 0 fully saturated rings. The molecule has 8 heteroatoms. The number of aromatic nitrogens is 4. The van der Waals surface area contributed by atoms with Crippen LogP contribution in [0, 0.1) is 0 Å². The lowest BCUT2D eigenvalue weighted by Gasteiger charge is -2.13. The Labute approximate surface area is 262 Å². The van der Waals surface area contributed by atoms with Gasteiger partial charge in [-0.05, 0) is 46.2 Å². The molecule has 0 aliphatic rings. The lowest BCUT2D eigenvalue weighted by Crippen LogP contribution is -2.24. The molecule has 0 spiro atoms. The first kappa shape index (κ1) is 28.1. The van der Waals surface area contributed by atoms with Crippen molar-refractivity contribution in [3.63, 3.8) is 0 Å². The van der Waals surface area contributed by atoms with Crippen molar-refractivity contribution >= 4 is 43.1 Å². The molecule has 218 valence electrons. The van der Waals surface area contributed by atoms with Crippen molar-refractivity contribution in [1.82, 2.24) is 19.1 Å². The molecule has 0 saturated carbocycles. The van der Waals surface area contributed by atoms with Gasteiger partial charge in [-0.1, -0.05) is 86.6 Å². The topological polar surface area (TPSA) is 69.8 Å². The Balaban J connectivity index is 1.23. The zero-order valence-corrected chi connectivity index (χ0v) is 26.1. The van der Waals surface area contributed by atoms with Crippen molar-refractivity contribution in [3.05, 3.63) is 139 Å². The number of aryl methyl sites for hydroxylation is 2. The number of nitrogens with zero attached hydrogens (tertiary/aromatic N) is 4. The van der Waals surface area contributed by atoms with Gasteiger partial charge >= 0.3 is 0 Å². The molecule has 0 aliphatic carbocycles. The summed E-state index contributed by atoms with van der Waals surface area (Å²) in [6.07, 6.45) is 5.19. The Kier molecular flexibility index (Phi) is 7.54. The maximum Gasteiger partial charge on any atom is 0.263 e. The van der Waals surface area contributed by atoms with Gasteiger partial charge < -0.3 is 0 Å². The first-order valence-corrected chi connectivity index (χ1v) is 16.5. The average Bonchev–Trinajstić information content (AvgIpc) is 3.70. The van der Waals surface area contributed by atoms with Gasteiger partial charge in [0.15, 0.2) is 0 Å². The SMILES string of the molecule is CCc1ccc(-c2csc3ncn(Cc4ccccc4Cn4cnc5scc(-c6ccc(CC)cc6)c5c4=O)c(=O)c23)cc1. The lowest BCUT2D eigenvalue weighted by atomic mass is 10.0. The molecule has 4 heterocycles. The molecule has 44 heavy (non-hydrogen) atoms. The van der Waals surface area contributed by atoms with Gasteiger partial charge in [-0.2, -0.15) is 0 Å². The third-order valence-corrected chi connectivity index (χ3v) is 10.0. The van der Waals surface area contributed by atoms with E-state index in [9.17, 15) is 9.59 Å². The summed E-state index contributed by atoms with van der Waals surface area (Å²) >= 11 is 2.98. The number of fused-ring (bicyclic) bond motifs is 2. The molecule has 0 amide bonds. The Morgan fingerprint density at radius 2 is 1.00 bits per heavy atom. The second kappa shape index (κ2) is 11.8. The van der Waals surface area contributed by atoms with Crippen molar-refractivity contribution in [1.29, 1.82) is 0 Å². The summed E-state index contributed by atoms with van der Waals surface area (Å²) in [7, 11) is 0. The highest BCUT2D eigenvalue weighted by molar-refractivity contribution is 7.17. The first-order chi connectivity index (χ1) is 21.5. The average molecular weight is 615 g/mol. The molecule has 0 atom stereocenters. The molecule has 3 aromatic carbocycles. The van der Waals surface area contributed by atoms with Crippen LogP contribution in [0.5, 0.6) is 0 Å². The van der Waals surface area contributed by atoms with E-state index < -0.39 is 0 Å². The summed E-state index contributed by atoms with van der Waals surface area (Å²) < 4.78 is 3.33. The maximum absolute atomic E-state index is 13.8. The van der Waals surface area contributed by atoms with Crippen LogP contribution in [0.2, 0.25) is 0 Å². The number of thiophene rings is 2.